The summed E-state index contributed by atoms with van der Waals surface area (Å²) in [5.41, 5.74) is 1.49. The first-order chi connectivity index (χ1) is 16.1. The first kappa shape index (κ1) is 23.6. The van der Waals surface area contributed by atoms with Crippen molar-refractivity contribution in [1.29, 1.82) is 0 Å². The van der Waals surface area contributed by atoms with Crippen LogP contribution in [0.25, 0.3) is 17.3 Å². The number of para-hydroxylation sites is 1. The van der Waals surface area contributed by atoms with Gasteiger partial charge in [0.25, 0.3) is 0 Å². The summed E-state index contributed by atoms with van der Waals surface area (Å²) in [6.07, 6.45) is 3.69. The van der Waals surface area contributed by atoms with E-state index in [0.717, 1.165) is 5.56 Å². The summed E-state index contributed by atoms with van der Waals surface area (Å²) in [6.45, 7) is 5.40. The second kappa shape index (κ2) is 8.98. The highest BCUT2D eigenvalue weighted by Gasteiger charge is 2.33. The molecule has 4 aromatic rings. The van der Waals surface area contributed by atoms with Gasteiger partial charge >= 0.3 is 0 Å². The normalized spacial score (nSPS) is 12.6. The van der Waals surface area contributed by atoms with Gasteiger partial charge in [0.2, 0.25) is 21.8 Å². The van der Waals surface area contributed by atoms with Crippen molar-refractivity contribution in [2.45, 2.75) is 32.4 Å². The molecule has 180 valence electrons. The number of sulfonamides is 1. The maximum Gasteiger partial charge on any atom is 0.245 e. The maximum absolute atomic E-state index is 13.6. The molecular formula is C23H28N6O4S. The quantitative estimate of drug-likeness (QED) is 0.378. The van der Waals surface area contributed by atoms with E-state index in [0.29, 0.717) is 34.6 Å². The van der Waals surface area contributed by atoms with Gasteiger partial charge in [0.1, 0.15) is 17.3 Å². The van der Waals surface area contributed by atoms with Crippen molar-refractivity contribution < 1.29 is 17.6 Å². The molecule has 10 nitrogen and oxygen atoms in total. The Balaban J connectivity index is 1.85. The van der Waals surface area contributed by atoms with Gasteiger partial charge < -0.3 is 13.7 Å². The third-order valence-electron chi connectivity index (χ3n) is 5.81. The lowest BCUT2D eigenvalue weighted by molar-refractivity contribution is 0.412. The molecule has 0 saturated carbocycles. The SMILES string of the molecule is COc1cccc(C)c1-n1c(-c2ccc(C)o2)nnc1N(C)S(=O)(=O)[C@H](C)Cc1nccn1C. The van der Waals surface area contributed by atoms with Gasteiger partial charge in [0.15, 0.2) is 5.76 Å². The molecule has 0 radical (unpaired) electrons. The maximum atomic E-state index is 13.6. The summed E-state index contributed by atoms with van der Waals surface area (Å²) in [7, 11) is 1.05. The Kier molecular flexibility index (Phi) is 6.22. The van der Waals surface area contributed by atoms with E-state index in [9.17, 15) is 8.42 Å². The summed E-state index contributed by atoms with van der Waals surface area (Å²) in [4.78, 5) is 4.26. The zero-order chi connectivity index (χ0) is 24.6. The molecule has 3 heterocycles. The van der Waals surface area contributed by atoms with Crippen LogP contribution in [-0.4, -0.2) is 52.1 Å². The van der Waals surface area contributed by atoms with Crippen molar-refractivity contribution in [3.8, 4) is 23.0 Å². The highest BCUT2D eigenvalue weighted by Crippen LogP contribution is 2.35. The van der Waals surface area contributed by atoms with Crippen LogP contribution in [-0.2, 0) is 23.5 Å². The van der Waals surface area contributed by atoms with E-state index in [1.807, 2.05) is 49.7 Å². The molecule has 4 rings (SSSR count). The lowest BCUT2D eigenvalue weighted by Gasteiger charge is -2.24. The number of ether oxygens (including phenoxy) is 1. The van der Waals surface area contributed by atoms with Gasteiger partial charge in [-0.3, -0.25) is 4.57 Å². The number of hydrogen-bond donors (Lipinski definition) is 0. The first-order valence-corrected chi connectivity index (χ1v) is 12.3. The Bertz CT molecular complexity index is 1420. The van der Waals surface area contributed by atoms with Crippen molar-refractivity contribution >= 4 is 16.0 Å². The lowest BCUT2D eigenvalue weighted by Crippen LogP contribution is -2.37. The van der Waals surface area contributed by atoms with Gasteiger partial charge in [-0.2, -0.15) is 0 Å². The topological polar surface area (TPSA) is 108 Å². The Morgan fingerprint density at radius 3 is 2.56 bits per heavy atom. The largest absolute Gasteiger partial charge is 0.495 e. The minimum atomic E-state index is -3.83. The van der Waals surface area contributed by atoms with Crippen LogP contribution >= 0.6 is 0 Å². The molecule has 0 unspecified atom stereocenters. The number of aromatic nitrogens is 5. The monoisotopic (exact) mass is 484 g/mol. The number of methoxy groups -OCH3 is 1. The molecule has 0 aliphatic rings. The molecule has 0 amide bonds. The van der Waals surface area contributed by atoms with Crippen LogP contribution in [0.4, 0.5) is 5.95 Å². The van der Waals surface area contributed by atoms with Crippen LogP contribution in [0.1, 0.15) is 24.1 Å². The number of rotatable bonds is 8. The zero-order valence-electron chi connectivity index (χ0n) is 20.1. The van der Waals surface area contributed by atoms with Crippen molar-refractivity contribution in [3.63, 3.8) is 0 Å². The molecule has 34 heavy (non-hydrogen) atoms. The second-order valence-electron chi connectivity index (χ2n) is 8.18. The molecule has 0 aliphatic carbocycles. The molecular weight excluding hydrogens is 456 g/mol. The highest BCUT2D eigenvalue weighted by molar-refractivity contribution is 7.93. The third-order valence-corrected chi connectivity index (χ3v) is 7.92. The van der Waals surface area contributed by atoms with Gasteiger partial charge in [-0.25, -0.2) is 17.7 Å². The first-order valence-electron chi connectivity index (χ1n) is 10.7. The summed E-state index contributed by atoms with van der Waals surface area (Å²) in [5, 5.41) is 7.85. The average molecular weight is 485 g/mol. The van der Waals surface area contributed by atoms with Gasteiger partial charge in [-0.1, -0.05) is 12.1 Å². The van der Waals surface area contributed by atoms with E-state index >= 15 is 0 Å². The fourth-order valence-corrected chi connectivity index (χ4v) is 5.07. The standard InChI is InChI=1S/C23H28N6O4S/c1-15-8-7-9-18(32-6)21(15)29-22(19-11-10-16(2)33-19)25-26-23(29)28(5)34(30,31)17(3)14-20-24-12-13-27(20)4/h7-13,17H,14H2,1-6H3/t17-/m1/s1. The molecule has 3 aromatic heterocycles. The smallest absolute Gasteiger partial charge is 0.245 e. The Morgan fingerprint density at radius 2 is 1.94 bits per heavy atom. The van der Waals surface area contributed by atoms with Crippen LogP contribution in [0.5, 0.6) is 5.75 Å². The van der Waals surface area contributed by atoms with Crippen LogP contribution in [0.3, 0.4) is 0 Å². The molecule has 0 fully saturated rings. The number of nitrogens with zero attached hydrogens (tertiary/aromatic N) is 6. The van der Waals surface area contributed by atoms with Crippen molar-refractivity contribution in [2.75, 3.05) is 18.5 Å². The molecule has 11 heteroatoms. The Labute approximate surface area is 198 Å². The molecule has 0 aliphatic heterocycles. The summed E-state index contributed by atoms with van der Waals surface area (Å²) >= 11 is 0. The molecule has 1 aromatic carbocycles. The number of aryl methyl sites for hydroxylation is 3. The van der Waals surface area contributed by atoms with E-state index < -0.39 is 15.3 Å². The van der Waals surface area contributed by atoms with Gasteiger partial charge in [-0.05, 0) is 44.5 Å². The minimum Gasteiger partial charge on any atom is -0.495 e. The van der Waals surface area contributed by atoms with Gasteiger partial charge in [-0.15, -0.1) is 10.2 Å². The summed E-state index contributed by atoms with van der Waals surface area (Å²) < 4.78 is 43.3. The molecule has 0 saturated heterocycles. The van der Waals surface area contributed by atoms with Crippen LogP contribution in [0, 0.1) is 13.8 Å². The number of hydrogen-bond acceptors (Lipinski definition) is 7. The van der Waals surface area contributed by atoms with Gasteiger partial charge in [0, 0.05) is 32.9 Å². The Morgan fingerprint density at radius 1 is 1.18 bits per heavy atom. The molecule has 0 bridgehead atoms. The van der Waals surface area contributed by atoms with E-state index in [-0.39, 0.29) is 12.4 Å². The average Bonchev–Trinajstić information content (AvgIpc) is 3.53. The zero-order valence-corrected chi connectivity index (χ0v) is 20.9. The van der Waals surface area contributed by atoms with Crippen LogP contribution in [0.15, 0.2) is 47.1 Å². The number of benzene rings is 1. The van der Waals surface area contributed by atoms with Crippen molar-refractivity contribution in [2.24, 2.45) is 7.05 Å². The molecule has 0 N–H and O–H groups in total. The fourth-order valence-electron chi connectivity index (χ4n) is 3.82. The minimum absolute atomic E-state index is 0.128. The summed E-state index contributed by atoms with van der Waals surface area (Å²) in [6, 6.07) is 9.19. The highest BCUT2D eigenvalue weighted by atomic mass is 32.2. The lowest BCUT2D eigenvalue weighted by atomic mass is 10.1. The van der Waals surface area contributed by atoms with Gasteiger partial charge in [0.05, 0.1) is 18.0 Å². The van der Waals surface area contributed by atoms with Crippen LogP contribution < -0.4 is 9.04 Å². The van der Waals surface area contributed by atoms with Crippen LogP contribution in [0.2, 0.25) is 0 Å². The van der Waals surface area contributed by atoms with Crippen molar-refractivity contribution in [3.05, 3.63) is 59.9 Å². The van der Waals surface area contributed by atoms with E-state index in [1.54, 1.807) is 37.1 Å². The molecule has 1 atom stereocenters. The number of imidazole rings is 1. The van der Waals surface area contributed by atoms with E-state index in [2.05, 4.69) is 15.2 Å². The third kappa shape index (κ3) is 4.07. The number of furan rings is 1. The Hall–Kier alpha value is -3.60. The predicted octanol–water partition coefficient (Wildman–Crippen LogP) is 3.28. The fraction of sp³-hybridized carbons (Fsp3) is 0.348. The molecule has 0 spiro atoms. The van der Waals surface area contributed by atoms with E-state index in [4.69, 9.17) is 9.15 Å². The number of anilines is 1. The summed E-state index contributed by atoms with van der Waals surface area (Å²) in [5.74, 6) is 2.90. The van der Waals surface area contributed by atoms with Crippen molar-refractivity contribution in [1.82, 2.24) is 24.3 Å². The second-order valence-corrected chi connectivity index (χ2v) is 10.6. The predicted molar refractivity (Wildman–Crippen MR) is 129 cm³/mol. The van der Waals surface area contributed by atoms with E-state index in [1.165, 1.54) is 11.4 Å².